The molecular formula is C8H9NO4. The molecule has 1 heterocycles. The van der Waals surface area contributed by atoms with Gasteiger partial charge in [0, 0.05) is 6.92 Å². The molecule has 0 aromatic heterocycles. The summed E-state index contributed by atoms with van der Waals surface area (Å²) in [7, 11) is 0. The van der Waals surface area contributed by atoms with Crippen molar-refractivity contribution in [2.75, 3.05) is 0 Å². The molecule has 1 aliphatic heterocycles. The summed E-state index contributed by atoms with van der Waals surface area (Å²) < 4.78 is 4.91. The molecule has 0 radical (unpaired) electrons. The number of hydrogen-bond donors (Lipinski definition) is 2. The van der Waals surface area contributed by atoms with E-state index >= 15 is 0 Å². The number of amides is 1. The molecule has 0 aromatic carbocycles. The molecule has 13 heavy (non-hydrogen) atoms. The lowest BCUT2D eigenvalue weighted by atomic mass is 10.0. The molecule has 70 valence electrons. The molecule has 2 N–H and O–H groups in total. The number of carbonyl (C=O) groups is 2. The van der Waals surface area contributed by atoms with Crippen molar-refractivity contribution in [2.45, 2.75) is 25.2 Å². The highest BCUT2D eigenvalue weighted by Crippen LogP contribution is 2.32. The van der Waals surface area contributed by atoms with Crippen LogP contribution in [0.1, 0.15) is 6.92 Å². The van der Waals surface area contributed by atoms with Gasteiger partial charge in [0.15, 0.2) is 6.10 Å². The summed E-state index contributed by atoms with van der Waals surface area (Å²) >= 11 is 0. The van der Waals surface area contributed by atoms with E-state index in [-0.39, 0.29) is 17.4 Å². The second-order valence-electron chi connectivity index (χ2n) is 3.14. The van der Waals surface area contributed by atoms with Gasteiger partial charge in [-0.3, -0.25) is 9.59 Å². The highest BCUT2D eigenvalue weighted by atomic mass is 16.6. The molecule has 2 rings (SSSR count). The van der Waals surface area contributed by atoms with Crippen molar-refractivity contribution in [3.8, 4) is 0 Å². The average Bonchev–Trinajstić information content (AvgIpc) is 2.77. The quantitative estimate of drug-likeness (QED) is 0.496. The Hall–Kier alpha value is -1.20. The minimum absolute atomic E-state index is 0.138. The van der Waals surface area contributed by atoms with Crippen LogP contribution in [0.15, 0.2) is 11.8 Å². The van der Waals surface area contributed by atoms with Gasteiger partial charge in [-0.1, -0.05) is 0 Å². The van der Waals surface area contributed by atoms with E-state index < -0.39 is 18.3 Å². The lowest BCUT2D eigenvalue weighted by Gasteiger charge is -2.12. The molecule has 0 spiro atoms. The Bertz CT molecular complexity index is 309. The number of ether oxygens (including phenoxy) is 1. The van der Waals surface area contributed by atoms with E-state index in [1.165, 1.54) is 13.0 Å². The van der Waals surface area contributed by atoms with Crippen molar-refractivity contribution in [3.63, 3.8) is 0 Å². The zero-order chi connectivity index (χ0) is 9.59. The summed E-state index contributed by atoms with van der Waals surface area (Å²) in [6, 6.07) is 0. The minimum Gasteiger partial charge on any atom is -0.386 e. The molecular weight excluding hydrogens is 174 g/mol. The van der Waals surface area contributed by atoms with Crippen LogP contribution >= 0.6 is 0 Å². The van der Waals surface area contributed by atoms with Crippen LogP contribution in [0.25, 0.3) is 0 Å². The molecule has 1 saturated heterocycles. The largest absolute Gasteiger partial charge is 0.386 e. The summed E-state index contributed by atoms with van der Waals surface area (Å²) in [4.78, 5) is 22.0. The third kappa shape index (κ3) is 1.36. The second kappa shape index (κ2) is 2.65. The van der Waals surface area contributed by atoms with Gasteiger partial charge in [0.25, 0.3) is 0 Å². The Balaban J connectivity index is 2.17. The Morgan fingerprint density at radius 2 is 2.38 bits per heavy atom. The van der Waals surface area contributed by atoms with Gasteiger partial charge in [-0.2, -0.15) is 0 Å². The standard InChI is InChI=1S/C8H9NO4/c1-3(10)9-4-2-5(11)7-8(13-7)6(4)12/h2,5,7-8,11H,1H3,(H,9,10)/t5-,7+,8-/m0/s1. The Morgan fingerprint density at radius 1 is 1.69 bits per heavy atom. The number of nitrogens with one attached hydrogen (secondary N) is 1. The Kier molecular flexibility index (Phi) is 1.71. The molecule has 0 saturated carbocycles. The predicted octanol–water partition coefficient (Wildman–Crippen LogP) is -1.28. The van der Waals surface area contributed by atoms with Gasteiger partial charge in [0.1, 0.15) is 12.2 Å². The molecule has 2 aliphatic rings. The summed E-state index contributed by atoms with van der Waals surface area (Å²) in [5, 5.41) is 11.7. The predicted molar refractivity (Wildman–Crippen MR) is 41.6 cm³/mol. The Labute approximate surface area is 74.4 Å². The molecule has 5 nitrogen and oxygen atoms in total. The lowest BCUT2D eigenvalue weighted by Crippen LogP contribution is -2.34. The van der Waals surface area contributed by atoms with Gasteiger partial charge in [0.05, 0.1) is 5.70 Å². The van der Waals surface area contributed by atoms with Crippen molar-refractivity contribution in [1.29, 1.82) is 0 Å². The molecule has 5 heteroatoms. The normalized spacial score (nSPS) is 36.3. The van der Waals surface area contributed by atoms with Gasteiger partial charge < -0.3 is 15.2 Å². The Morgan fingerprint density at radius 3 is 3.00 bits per heavy atom. The SMILES string of the molecule is CC(=O)NC1=C[C@H](O)[C@H]2O[C@H]2C1=O. The van der Waals surface area contributed by atoms with E-state index in [0.29, 0.717) is 0 Å². The van der Waals surface area contributed by atoms with Crippen molar-refractivity contribution >= 4 is 11.7 Å². The van der Waals surface area contributed by atoms with E-state index in [4.69, 9.17) is 4.74 Å². The number of ketones is 1. The van der Waals surface area contributed by atoms with Crippen LogP contribution in [0.2, 0.25) is 0 Å². The summed E-state index contributed by atoms with van der Waals surface area (Å²) in [5.74, 6) is -0.587. The number of aliphatic hydroxyl groups is 1. The van der Waals surface area contributed by atoms with Crippen LogP contribution in [0, 0.1) is 0 Å². The number of aliphatic hydroxyl groups excluding tert-OH is 1. The first-order valence-electron chi connectivity index (χ1n) is 3.97. The fraction of sp³-hybridized carbons (Fsp3) is 0.500. The molecule has 0 bridgehead atoms. The van der Waals surface area contributed by atoms with Crippen molar-refractivity contribution < 1.29 is 19.4 Å². The van der Waals surface area contributed by atoms with E-state index in [9.17, 15) is 14.7 Å². The van der Waals surface area contributed by atoms with Gasteiger partial charge in [-0.05, 0) is 6.08 Å². The first kappa shape index (κ1) is 8.40. The van der Waals surface area contributed by atoms with Gasteiger partial charge in [0.2, 0.25) is 11.7 Å². The second-order valence-corrected chi connectivity index (χ2v) is 3.14. The maximum atomic E-state index is 11.3. The first-order chi connectivity index (χ1) is 6.09. The van der Waals surface area contributed by atoms with E-state index in [2.05, 4.69) is 5.32 Å². The third-order valence-corrected chi connectivity index (χ3v) is 2.03. The minimum atomic E-state index is -0.787. The van der Waals surface area contributed by atoms with Crippen molar-refractivity contribution in [2.24, 2.45) is 0 Å². The zero-order valence-corrected chi connectivity index (χ0v) is 6.98. The maximum absolute atomic E-state index is 11.3. The fourth-order valence-corrected chi connectivity index (χ4v) is 1.39. The van der Waals surface area contributed by atoms with Crippen LogP contribution in [0.4, 0.5) is 0 Å². The molecule has 0 aromatic rings. The molecule has 0 unspecified atom stereocenters. The maximum Gasteiger partial charge on any atom is 0.221 e. The topological polar surface area (TPSA) is 78.9 Å². The smallest absolute Gasteiger partial charge is 0.221 e. The monoisotopic (exact) mass is 183 g/mol. The van der Waals surface area contributed by atoms with Crippen LogP contribution in [-0.2, 0) is 14.3 Å². The summed E-state index contributed by atoms with van der Waals surface area (Å²) in [6.07, 6.45) is -0.422. The number of epoxide rings is 1. The third-order valence-electron chi connectivity index (χ3n) is 2.03. The van der Waals surface area contributed by atoms with E-state index in [1.54, 1.807) is 0 Å². The molecule has 1 fully saturated rings. The van der Waals surface area contributed by atoms with Crippen LogP contribution in [0.3, 0.4) is 0 Å². The van der Waals surface area contributed by atoms with E-state index in [0.717, 1.165) is 0 Å². The number of carbonyl (C=O) groups excluding carboxylic acids is 2. The highest BCUT2D eigenvalue weighted by molar-refractivity contribution is 6.04. The van der Waals surface area contributed by atoms with Crippen molar-refractivity contribution in [3.05, 3.63) is 11.8 Å². The molecule has 1 aliphatic carbocycles. The summed E-state index contributed by atoms with van der Waals surface area (Å²) in [5.41, 5.74) is 0.138. The van der Waals surface area contributed by atoms with E-state index in [1.807, 2.05) is 0 Å². The number of hydrogen-bond acceptors (Lipinski definition) is 4. The number of rotatable bonds is 1. The summed E-state index contributed by atoms with van der Waals surface area (Å²) in [6.45, 7) is 1.31. The van der Waals surface area contributed by atoms with Gasteiger partial charge in [-0.25, -0.2) is 0 Å². The zero-order valence-electron chi connectivity index (χ0n) is 6.98. The average molecular weight is 183 g/mol. The fourth-order valence-electron chi connectivity index (χ4n) is 1.39. The number of fused-ring (bicyclic) bond motifs is 1. The van der Waals surface area contributed by atoms with Gasteiger partial charge >= 0.3 is 0 Å². The van der Waals surface area contributed by atoms with Crippen LogP contribution in [-0.4, -0.2) is 35.1 Å². The van der Waals surface area contributed by atoms with Crippen LogP contribution < -0.4 is 5.32 Å². The van der Waals surface area contributed by atoms with Crippen molar-refractivity contribution in [1.82, 2.24) is 5.32 Å². The lowest BCUT2D eigenvalue weighted by molar-refractivity contribution is -0.122. The molecule has 1 amide bonds. The highest BCUT2D eigenvalue weighted by Gasteiger charge is 2.53. The van der Waals surface area contributed by atoms with Gasteiger partial charge in [-0.15, -0.1) is 0 Å². The first-order valence-corrected chi connectivity index (χ1v) is 3.97. The number of Topliss-reactive ketones (excluding diaryl/α,β-unsaturated/α-hetero) is 1. The van der Waals surface area contributed by atoms with Crippen LogP contribution in [0.5, 0.6) is 0 Å². The molecule has 3 atom stereocenters.